The van der Waals surface area contributed by atoms with Crippen LogP contribution in [0.2, 0.25) is 0 Å². The monoisotopic (exact) mass is 347 g/mol. The van der Waals surface area contributed by atoms with Gasteiger partial charge in [-0.05, 0) is 6.07 Å². The van der Waals surface area contributed by atoms with Crippen molar-refractivity contribution >= 4 is 27.8 Å². The Hall–Kier alpha value is -1.96. The molecule has 104 valence electrons. The van der Waals surface area contributed by atoms with E-state index in [-0.39, 0.29) is 0 Å². The van der Waals surface area contributed by atoms with Gasteiger partial charge in [-0.2, -0.15) is 27.6 Å². The number of hydrogen-bond acceptors (Lipinski definition) is 3. The fourth-order valence-corrected chi connectivity index (χ4v) is 1.72. The van der Waals surface area contributed by atoms with Crippen LogP contribution < -0.4 is 5.43 Å². The number of rotatable bonds is 3. The molecule has 3 nitrogen and oxygen atoms in total. The van der Waals surface area contributed by atoms with Crippen LogP contribution in [0.15, 0.2) is 33.8 Å². The molecular formula is C12H6BrF4N3. The van der Waals surface area contributed by atoms with E-state index in [1.807, 2.05) is 5.43 Å². The molecule has 0 amide bonds. The smallest absolute Gasteiger partial charge is 0.254 e. The van der Waals surface area contributed by atoms with Crippen LogP contribution in [0.25, 0.3) is 0 Å². The number of pyridine rings is 1. The van der Waals surface area contributed by atoms with Crippen molar-refractivity contribution in [2.45, 2.75) is 0 Å². The van der Waals surface area contributed by atoms with Gasteiger partial charge in [0.15, 0.2) is 0 Å². The average Bonchev–Trinajstić information content (AvgIpc) is 2.42. The second-order valence-electron chi connectivity index (χ2n) is 3.59. The number of nitrogens with zero attached hydrogens (tertiary/aromatic N) is 2. The van der Waals surface area contributed by atoms with Crippen molar-refractivity contribution in [3.05, 3.63) is 57.8 Å². The molecule has 0 saturated heterocycles. The fourth-order valence-electron chi connectivity index (χ4n) is 1.33. The van der Waals surface area contributed by atoms with Gasteiger partial charge in [0, 0.05) is 10.0 Å². The fraction of sp³-hybridized carbons (Fsp3) is 0. The van der Waals surface area contributed by atoms with Gasteiger partial charge in [0.1, 0.15) is 5.69 Å². The maximum atomic E-state index is 13.3. The summed E-state index contributed by atoms with van der Waals surface area (Å²) in [6, 6.07) is 6.89. The Balaban J connectivity index is 2.26. The van der Waals surface area contributed by atoms with E-state index in [2.05, 4.69) is 26.0 Å². The largest absolute Gasteiger partial charge is 0.272 e. The lowest BCUT2D eigenvalue weighted by molar-refractivity contribution is 0.411. The molecule has 0 fully saturated rings. The highest BCUT2D eigenvalue weighted by Gasteiger charge is 2.20. The summed E-state index contributed by atoms with van der Waals surface area (Å²) in [4.78, 5) is 2.43. The summed E-state index contributed by atoms with van der Waals surface area (Å²) >= 11 is 3.24. The summed E-state index contributed by atoms with van der Waals surface area (Å²) in [5.74, 6) is -6.79. The van der Waals surface area contributed by atoms with Gasteiger partial charge < -0.3 is 0 Å². The van der Waals surface area contributed by atoms with Crippen LogP contribution in [0, 0.1) is 23.5 Å². The van der Waals surface area contributed by atoms with Crippen LogP contribution in [0.3, 0.4) is 0 Å². The van der Waals surface area contributed by atoms with Crippen molar-refractivity contribution in [3.8, 4) is 0 Å². The van der Waals surface area contributed by atoms with Crippen molar-refractivity contribution in [1.29, 1.82) is 0 Å². The zero-order valence-electron chi connectivity index (χ0n) is 9.67. The van der Waals surface area contributed by atoms with Gasteiger partial charge in [-0.15, -0.1) is 0 Å². The number of hydrazone groups is 1. The molecule has 0 aliphatic heterocycles. The Morgan fingerprint density at radius 3 is 2.25 bits per heavy atom. The topological polar surface area (TPSA) is 37.3 Å². The van der Waals surface area contributed by atoms with Crippen molar-refractivity contribution in [1.82, 2.24) is 4.98 Å². The first-order valence-electron chi connectivity index (χ1n) is 5.24. The van der Waals surface area contributed by atoms with Crippen LogP contribution in [0.4, 0.5) is 23.2 Å². The lowest BCUT2D eigenvalue weighted by Gasteiger charge is -2.04. The molecule has 0 aliphatic rings. The summed E-state index contributed by atoms with van der Waals surface area (Å²) in [6.45, 7) is 0. The Morgan fingerprint density at radius 1 is 1.05 bits per heavy atom. The van der Waals surface area contributed by atoms with E-state index in [1.54, 1.807) is 24.3 Å². The van der Waals surface area contributed by atoms with E-state index >= 15 is 0 Å². The highest BCUT2D eigenvalue weighted by molar-refractivity contribution is 9.10. The molecule has 8 heteroatoms. The molecule has 1 N–H and O–H groups in total. The number of hydrogen-bond donors (Lipinski definition) is 1. The Bertz CT molecular complexity index is 650. The molecule has 0 saturated carbocycles. The molecule has 20 heavy (non-hydrogen) atoms. The SMILES string of the molecule is Fc1nc(F)c(F)c(N/N=C/c2ccccc2Br)c1F. The normalized spacial score (nSPS) is 11.1. The van der Waals surface area contributed by atoms with Gasteiger partial charge in [0.25, 0.3) is 11.9 Å². The molecule has 1 aromatic carbocycles. The van der Waals surface area contributed by atoms with Gasteiger partial charge in [0.2, 0.25) is 11.6 Å². The average molecular weight is 348 g/mol. The molecule has 0 radical (unpaired) electrons. The molecule has 0 aliphatic carbocycles. The van der Waals surface area contributed by atoms with Gasteiger partial charge in [-0.3, -0.25) is 5.43 Å². The summed E-state index contributed by atoms with van der Waals surface area (Å²) < 4.78 is 52.9. The highest BCUT2D eigenvalue weighted by atomic mass is 79.9. The van der Waals surface area contributed by atoms with Crippen LogP contribution >= 0.6 is 15.9 Å². The minimum absolute atomic E-state index is 0.607. The molecule has 2 rings (SSSR count). The van der Waals surface area contributed by atoms with Crippen molar-refractivity contribution in [2.24, 2.45) is 5.10 Å². The van der Waals surface area contributed by atoms with E-state index < -0.39 is 29.2 Å². The molecule has 0 atom stereocenters. The third kappa shape index (κ3) is 2.96. The van der Waals surface area contributed by atoms with Crippen molar-refractivity contribution in [3.63, 3.8) is 0 Å². The number of benzene rings is 1. The molecule has 1 aromatic heterocycles. The zero-order chi connectivity index (χ0) is 14.7. The summed E-state index contributed by atoms with van der Waals surface area (Å²) in [6.07, 6.45) is 1.24. The summed E-state index contributed by atoms with van der Waals surface area (Å²) in [5.41, 5.74) is 1.48. The Labute approximate surface area is 119 Å². The highest BCUT2D eigenvalue weighted by Crippen LogP contribution is 2.22. The second kappa shape index (κ2) is 6.00. The first-order chi connectivity index (χ1) is 9.50. The van der Waals surface area contributed by atoms with E-state index in [9.17, 15) is 17.6 Å². The zero-order valence-corrected chi connectivity index (χ0v) is 11.3. The van der Waals surface area contributed by atoms with Crippen molar-refractivity contribution in [2.75, 3.05) is 5.43 Å². The van der Waals surface area contributed by atoms with Gasteiger partial charge >= 0.3 is 0 Å². The predicted octanol–water partition coefficient (Wildman–Crippen LogP) is 3.85. The van der Waals surface area contributed by atoms with E-state index in [1.165, 1.54) is 6.21 Å². The minimum atomic E-state index is -1.75. The number of aromatic nitrogens is 1. The van der Waals surface area contributed by atoms with E-state index in [0.29, 0.717) is 10.0 Å². The molecule has 1 heterocycles. The second-order valence-corrected chi connectivity index (χ2v) is 4.44. The van der Waals surface area contributed by atoms with Crippen LogP contribution in [-0.2, 0) is 0 Å². The first-order valence-corrected chi connectivity index (χ1v) is 6.03. The molecule has 0 bridgehead atoms. The molecule has 2 aromatic rings. The number of halogens is 5. The lowest BCUT2D eigenvalue weighted by Crippen LogP contribution is -2.05. The van der Waals surface area contributed by atoms with Crippen LogP contribution in [-0.4, -0.2) is 11.2 Å². The first kappa shape index (κ1) is 14.4. The van der Waals surface area contributed by atoms with Gasteiger partial charge in [-0.1, -0.05) is 34.1 Å². The van der Waals surface area contributed by atoms with Gasteiger partial charge in [-0.25, -0.2) is 0 Å². The quantitative estimate of drug-likeness (QED) is 0.396. The van der Waals surface area contributed by atoms with Crippen LogP contribution in [0.1, 0.15) is 5.56 Å². The maximum Gasteiger partial charge on any atom is 0.254 e. The maximum absolute atomic E-state index is 13.3. The van der Waals surface area contributed by atoms with Gasteiger partial charge in [0.05, 0.1) is 6.21 Å². The number of nitrogens with one attached hydrogen (secondary N) is 1. The number of anilines is 1. The Morgan fingerprint density at radius 2 is 1.65 bits per heavy atom. The Kier molecular flexibility index (Phi) is 4.33. The predicted molar refractivity (Wildman–Crippen MR) is 69.4 cm³/mol. The van der Waals surface area contributed by atoms with E-state index in [0.717, 1.165) is 0 Å². The van der Waals surface area contributed by atoms with Crippen LogP contribution in [0.5, 0.6) is 0 Å². The lowest BCUT2D eigenvalue weighted by atomic mass is 10.2. The van der Waals surface area contributed by atoms with Crippen molar-refractivity contribution < 1.29 is 17.6 Å². The third-order valence-electron chi connectivity index (χ3n) is 2.28. The molecule has 0 unspecified atom stereocenters. The minimum Gasteiger partial charge on any atom is -0.272 e. The molecule has 0 spiro atoms. The summed E-state index contributed by atoms with van der Waals surface area (Å²) in [5, 5.41) is 3.53. The standard InChI is InChI=1S/C12H6BrF4N3/c13-7-4-2-1-3-6(7)5-18-20-10-8(14)11(16)19-12(17)9(10)15/h1-5H,(H,19,20)/b18-5+. The summed E-state index contributed by atoms with van der Waals surface area (Å²) in [7, 11) is 0. The third-order valence-corrected chi connectivity index (χ3v) is 3.00. The molecular weight excluding hydrogens is 342 g/mol. The van der Waals surface area contributed by atoms with E-state index in [4.69, 9.17) is 0 Å².